The van der Waals surface area contributed by atoms with Crippen molar-refractivity contribution >= 4 is 17.0 Å². The van der Waals surface area contributed by atoms with Crippen LogP contribution in [-0.4, -0.2) is 12.0 Å². The SMILES string of the molecule is COc1cc([N+](=O)[O-])ccc1CNC(C)c1ccc(C)s1. The quantitative estimate of drug-likeness (QED) is 0.651. The van der Waals surface area contributed by atoms with E-state index in [2.05, 4.69) is 31.3 Å². The number of nitrogens with zero attached hydrogens (tertiary/aromatic N) is 1. The fourth-order valence-electron chi connectivity index (χ4n) is 2.04. The Hall–Kier alpha value is -1.92. The summed E-state index contributed by atoms with van der Waals surface area (Å²) in [4.78, 5) is 12.9. The molecule has 6 heteroatoms. The Balaban J connectivity index is 2.07. The molecule has 0 aliphatic rings. The summed E-state index contributed by atoms with van der Waals surface area (Å²) in [6, 6.07) is 9.13. The second-order valence-electron chi connectivity index (χ2n) is 4.80. The maximum Gasteiger partial charge on any atom is 0.273 e. The molecule has 0 radical (unpaired) electrons. The van der Waals surface area contributed by atoms with Crippen LogP contribution < -0.4 is 10.1 Å². The molecule has 5 nitrogen and oxygen atoms in total. The lowest BCUT2D eigenvalue weighted by Crippen LogP contribution is -2.17. The van der Waals surface area contributed by atoms with Crippen molar-refractivity contribution in [2.45, 2.75) is 26.4 Å². The van der Waals surface area contributed by atoms with Crippen LogP contribution in [0, 0.1) is 17.0 Å². The number of hydrogen-bond acceptors (Lipinski definition) is 5. The molecular formula is C15H18N2O3S. The second-order valence-corrected chi connectivity index (χ2v) is 6.12. The largest absolute Gasteiger partial charge is 0.496 e. The summed E-state index contributed by atoms with van der Waals surface area (Å²) in [6.45, 7) is 4.78. The summed E-state index contributed by atoms with van der Waals surface area (Å²) in [7, 11) is 1.52. The van der Waals surface area contributed by atoms with E-state index in [0.29, 0.717) is 12.3 Å². The number of nitrogens with one attached hydrogen (secondary N) is 1. The van der Waals surface area contributed by atoms with Gasteiger partial charge in [-0.15, -0.1) is 11.3 Å². The van der Waals surface area contributed by atoms with Gasteiger partial charge in [-0.1, -0.05) is 0 Å². The van der Waals surface area contributed by atoms with Gasteiger partial charge in [0.25, 0.3) is 5.69 Å². The van der Waals surface area contributed by atoms with Crippen molar-refractivity contribution in [1.82, 2.24) is 5.32 Å². The Morgan fingerprint density at radius 3 is 2.71 bits per heavy atom. The molecule has 21 heavy (non-hydrogen) atoms. The summed E-state index contributed by atoms with van der Waals surface area (Å²) in [6.07, 6.45) is 0. The van der Waals surface area contributed by atoms with Gasteiger partial charge in [-0.3, -0.25) is 10.1 Å². The molecule has 0 saturated heterocycles. The minimum absolute atomic E-state index is 0.0394. The molecule has 0 fully saturated rings. The molecule has 1 aromatic carbocycles. The molecule has 1 aromatic heterocycles. The third-order valence-electron chi connectivity index (χ3n) is 3.27. The number of nitro groups is 1. The predicted octanol–water partition coefficient (Wildman–Crippen LogP) is 3.82. The Morgan fingerprint density at radius 2 is 2.14 bits per heavy atom. The van der Waals surface area contributed by atoms with Gasteiger partial charge < -0.3 is 10.1 Å². The normalized spacial score (nSPS) is 12.1. The summed E-state index contributed by atoms with van der Waals surface area (Å²) in [5, 5.41) is 14.2. The molecule has 2 rings (SSSR count). The molecule has 0 bridgehead atoms. The Morgan fingerprint density at radius 1 is 1.38 bits per heavy atom. The lowest BCUT2D eigenvalue weighted by atomic mass is 10.1. The van der Waals surface area contributed by atoms with Gasteiger partial charge in [0.1, 0.15) is 5.75 Å². The number of methoxy groups -OCH3 is 1. The third-order valence-corrected chi connectivity index (χ3v) is 4.45. The smallest absolute Gasteiger partial charge is 0.273 e. The van der Waals surface area contributed by atoms with E-state index in [0.717, 1.165) is 5.56 Å². The van der Waals surface area contributed by atoms with Crippen molar-refractivity contribution in [3.63, 3.8) is 0 Å². The zero-order valence-electron chi connectivity index (χ0n) is 12.3. The van der Waals surface area contributed by atoms with E-state index in [1.165, 1.54) is 29.0 Å². The average Bonchev–Trinajstić information content (AvgIpc) is 2.91. The van der Waals surface area contributed by atoms with Gasteiger partial charge in [0.15, 0.2) is 0 Å². The number of thiophene rings is 1. The fourth-order valence-corrected chi connectivity index (χ4v) is 2.95. The highest BCUT2D eigenvalue weighted by Gasteiger charge is 2.13. The third kappa shape index (κ3) is 3.80. The first-order valence-electron chi connectivity index (χ1n) is 6.62. The highest BCUT2D eigenvalue weighted by atomic mass is 32.1. The molecule has 0 amide bonds. The van der Waals surface area contributed by atoms with Gasteiger partial charge in [-0.05, 0) is 32.0 Å². The molecule has 1 heterocycles. The van der Waals surface area contributed by atoms with Crippen molar-refractivity contribution in [2.75, 3.05) is 7.11 Å². The van der Waals surface area contributed by atoms with Crippen molar-refractivity contribution in [1.29, 1.82) is 0 Å². The predicted molar refractivity (Wildman–Crippen MR) is 84.0 cm³/mol. The molecule has 112 valence electrons. The number of rotatable bonds is 6. The van der Waals surface area contributed by atoms with Gasteiger partial charge in [-0.2, -0.15) is 0 Å². The molecule has 0 spiro atoms. The number of ether oxygens (including phenoxy) is 1. The molecule has 1 N–H and O–H groups in total. The second kappa shape index (κ2) is 6.69. The Labute approximate surface area is 127 Å². The lowest BCUT2D eigenvalue weighted by molar-refractivity contribution is -0.384. The van der Waals surface area contributed by atoms with Crippen LogP contribution >= 0.6 is 11.3 Å². The summed E-state index contributed by atoms with van der Waals surface area (Å²) < 4.78 is 5.24. The van der Waals surface area contributed by atoms with E-state index in [9.17, 15) is 10.1 Å². The first kappa shape index (κ1) is 15.5. The topological polar surface area (TPSA) is 64.4 Å². The van der Waals surface area contributed by atoms with Gasteiger partial charge in [0.05, 0.1) is 18.1 Å². The number of nitro benzene ring substituents is 1. The lowest BCUT2D eigenvalue weighted by Gasteiger charge is -2.14. The maximum absolute atomic E-state index is 10.8. The van der Waals surface area contributed by atoms with Crippen LogP contribution in [0.2, 0.25) is 0 Å². The van der Waals surface area contributed by atoms with Gasteiger partial charge in [0.2, 0.25) is 0 Å². The van der Waals surface area contributed by atoms with E-state index in [1.807, 2.05) is 0 Å². The van der Waals surface area contributed by atoms with Crippen LogP contribution in [0.25, 0.3) is 0 Å². The van der Waals surface area contributed by atoms with Crippen LogP contribution in [0.5, 0.6) is 5.75 Å². The number of benzene rings is 1. The van der Waals surface area contributed by atoms with Gasteiger partial charge >= 0.3 is 0 Å². The monoisotopic (exact) mass is 306 g/mol. The molecular weight excluding hydrogens is 288 g/mol. The zero-order valence-corrected chi connectivity index (χ0v) is 13.1. The Bertz CT molecular complexity index is 640. The summed E-state index contributed by atoms with van der Waals surface area (Å²) in [5.74, 6) is 0.534. The minimum atomic E-state index is -0.420. The molecule has 0 aliphatic heterocycles. The Kier molecular flexibility index (Phi) is 4.93. The van der Waals surface area contributed by atoms with Crippen LogP contribution in [0.15, 0.2) is 30.3 Å². The average molecular weight is 306 g/mol. The minimum Gasteiger partial charge on any atom is -0.496 e. The van der Waals surface area contributed by atoms with Crippen LogP contribution in [-0.2, 0) is 6.54 Å². The van der Waals surface area contributed by atoms with E-state index in [-0.39, 0.29) is 11.7 Å². The standard InChI is InChI=1S/C15H18N2O3S/c1-10-4-7-15(21-10)11(2)16-9-12-5-6-13(17(18)19)8-14(12)20-3/h4-8,11,16H,9H2,1-3H3. The van der Waals surface area contributed by atoms with Crippen molar-refractivity contribution in [3.8, 4) is 5.75 Å². The fraction of sp³-hybridized carbons (Fsp3) is 0.333. The van der Waals surface area contributed by atoms with Crippen molar-refractivity contribution in [2.24, 2.45) is 0 Å². The zero-order chi connectivity index (χ0) is 15.4. The molecule has 1 atom stereocenters. The first-order valence-corrected chi connectivity index (χ1v) is 7.44. The van der Waals surface area contributed by atoms with Crippen LogP contribution in [0.4, 0.5) is 5.69 Å². The highest BCUT2D eigenvalue weighted by Crippen LogP contribution is 2.26. The van der Waals surface area contributed by atoms with Crippen LogP contribution in [0.3, 0.4) is 0 Å². The number of hydrogen-bond donors (Lipinski definition) is 1. The summed E-state index contributed by atoms with van der Waals surface area (Å²) in [5.41, 5.74) is 0.945. The van der Waals surface area contributed by atoms with Gasteiger partial charge in [0, 0.05) is 34.0 Å². The van der Waals surface area contributed by atoms with E-state index in [1.54, 1.807) is 17.4 Å². The van der Waals surface area contributed by atoms with Crippen molar-refractivity contribution in [3.05, 3.63) is 55.8 Å². The van der Waals surface area contributed by atoms with Crippen LogP contribution in [0.1, 0.15) is 28.3 Å². The van der Waals surface area contributed by atoms with Gasteiger partial charge in [-0.25, -0.2) is 0 Å². The molecule has 1 unspecified atom stereocenters. The molecule has 2 aromatic rings. The van der Waals surface area contributed by atoms with E-state index >= 15 is 0 Å². The van der Waals surface area contributed by atoms with Crippen molar-refractivity contribution < 1.29 is 9.66 Å². The van der Waals surface area contributed by atoms with E-state index in [4.69, 9.17) is 4.74 Å². The molecule has 0 aliphatic carbocycles. The maximum atomic E-state index is 10.8. The summed E-state index contributed by atoms with van der Waals surface area (Å²) >= 11 is 1.76. The van der Waals surface area contributed by atoms with E-state index < -0.39 is 4.92 Å². The highest BCUT2D eigenvalue weighted by molar-refractivity contribution is 7.12. The number of aryl methyl sites for hydroxylation is 1. The molecule has 0 saturated carbocycles. The number of non-ortho nitro benzene ring substituents is 1. The first-order chi connectivity index (χ1) is 10.0.